The molecule has 1 atom stereocenters. The van der Waals surface area contributed by atoms with E-state index in [4.69, 9.17) is 9.15 Å². The molecular formula is C31H25N3O5S2. The van der Waals surface area contributed by atoms with Crippen molar-refractivity contribution in [3.05, 3.63) is 113 Å². The number of nitrogens with zero attached hydrogens (tertiary/aromatic N) is 3. The standard InChI is InChI=1S/C31H25N3O5S2/c1-3-18-12-14-20(15-13-18)25-24(26(35)23-16-21-10-7-11-22(38-2)28(21)39-23)27(36)29(37)34(25)30-32-33-31(41-30)40-17-19-8-5-4-6-9-19/h4-16,25,36H,3,17H2,1-2H3. The molecule has 8 nitrogen and oxygen atoms in total. The fourth-order valence-electron chi connectivity index (χ4n) is 4.80. The number of ketones is 1. The Morgan fingerprint density at radius 1 is 1.05 bits per heavy atom. The number of methoxy groups -OCH3 is 1. The Bertz CT molecular complexity index is 1780. The van der Waals surface area contributed by atoms with Gasteiger partial charge in [-0.2, -0.15) is 0 Å². The second-order valence-electron chi connectivity index (χ2n) is 9.38. The number of Topliss-reactive ketones (excluding diaryl/α,β-unsaturated/α-hetero) is 1. The molecule has 2 aromatic heterocycles. The molecule has 0 bridgehead atoms. The molecule has 3 aromatic carbocycles. The predicted octanol–water partition coefficient (Wildman–Crippen LogP) is 6.93. The number of rotatable bonds is 9. The summed E-state index contributed by atoms with van der Waals surface area (Å²) in [4.78, 5) is 28.9. The fourth-order valence-corrected chi connectivity index (χ4v) is 6.63. The largest absolute Gasteiger partial charge is 0.503 e. The average Bonchev–Trinajstić information content (AvgIpc) is 3.73. The van der Waals surface area contributed by atoms with Gasteiger partial charge >= 0.3 is 0 Å². The second kappa shape index (κ2) is 11.2. The highest BCUT2D eigenvalue weighted by Gasteiger charge is 2.46. The maximum Gasteiger partial charge on any atom is 0.296 e. The number of aliphatic hydroxyl groups is 1. The second-order valence-corrected chi connectivity index (χ2v) is 11.6. The van der Waals surface area contributed by atoms with Gasteiger partial charge in [0.25, 0.3) is 5.91 Å². The molecule has 0 saturated heterocycles. The van der Waals surface area contributed by atoms with E-state index in [1.807, 2.05) is 61.5 Å². The van der Waals surface area contributed by atoms with Gasteiger partial charge in [0.1, 0.15) is 0 Å². The Hall–Kier alpha value is -4.41. The van der Waals surface area contributed by atoms with Gasteiger partial charge in [-0.05, 0) is 35.2 Å². The predicted molar refractivity (Wildman–Crippen MR) is 159 cm³/mol. The smallest absolute Gasteiger partial charge is 0.296 e. The van der Waals surface area contributed by atoms with Gasteiger partial charge in [0.15, 0.2) is 27.2 Å². The molecule has 6 rings (SSSR count). The van der Waals surface area contributed by atoms with Crippen LogP contribution in [0.1, 0.15) is 40.2 Å². The highest BCUT2D eigenvalue weighted by Crippen LogP contribution is 2.44. The van der Waals surface area contributed by atoms with Gasteiger partial charge < -0.3 is 14.3 Å². The molecule has 0 spiro atoms. The number of para-hydroxylation sites is 1. The number of aryl methyl sites for hydroxylation is 1. The van der Waals surface area contributed by atoms with E-state index in [-0.39, 0.29) is 16.5 Å². The van der Waals surface area contributed by atoms with E-state index < -0.39 is 23.5 Å². The summed E-state index contributed by atoms with van der Waals surface area (Å²) in [6.45, 7) is 2.05. The summed E-state index contributed by atoms with van der Waals surface area (Å²) >= 11 is 2.74. The van der Waals surface area contributed by atoms with Crippen molar-refractivity contribution in [2.24, 2.45) is 0 Å². The first kappa shape index (κ1) is 26.8. The summed E-state index contributed by atoms with van der Waals surface area (Å²) in [7, 11) is 1.52. The van der Waals surface area contributed by atoms with Crippen molar-refractivity contribution in [2.75, 3.05) is 12.0 Å². The van der Waals surface area contributed by atoms with E-state index in [0.29, 0.717) is 32.4 Å². The Kier molecular flexibility index (Phi) is 7.34. The number of aliphatic hydroxyl groups excluding tert-OH is 1. The maximum absolute atomic E-state index is 14.0. The van der Waals surface area contributed by atoms with E-state index >= 15 is 0 Å². The van der Waals surface area contributed by atoms with Crippen molar-refractivity contribution < 1.29 is 23.8 Å². The normalized spacial score (nSPS) is 15.2. The maximum atomic E-state index is 14.0. The molecule has 1 amide bonds. The molecule has 41 heavy (non-hydrogen) atoms. The van der Waals surface area contributed by atoms with Crippen molar-refractivity contribution in [3.63, 3.8) is 0 Å². The SMILES string of the molecule is CCc1ccc(C2C(C(=O)c3cc4cccc(OC)c4o3)=C(O)C(=O)N2c2nnc(SCc3ccccc3)s2)cc1. The van der Waals surface area contributed by atoms with Gasteiger partial charge in [-0.1, -0.05) is 96.8 Å². The molecule has 0 fully saturated rings. The first-order chi connectivity index (χ1) is 20.0. The third-order valence-corrected chi connectivity index (χ3v) is 9.04. The van der Waals surface area contributed by atoms with Crippen molar-refractivity contribution in [1.29, 1.82) is 0 Å². The lowest BCUT2D eigenvalue weighted by molar-refractivity contribution is -0.117. The topological polar surface area (TPSA) is 106 Å². The first-order valence-corrected chi connectivity index (χ1v) is 14.8. The summed E-state index contributed by atoms with van der Waals surface area (Å²) < 4.78 is 12.0. The number of thioether (sulfide) groups is 1. The molecular weight excluding hydrogens is 558 g/mol. The minimum absolute atomic E-state index is 0.00718. The van der Waals surface area contributed by atoms with Gasteiger partial charge in [0.05, 0.1) is 18.7 Å². The summed E-state index contributed by atoms with van der Waals surface area (Å²) in [6.07, 6.45) is 0.833. The minimum Gasteiger partial charge on any atom is -0.503 e. The number of carbonyl (C=O) groups excluding carboxylic acids is 2. The molecule has 0 saturated carbocycles. The van der Waals surface area contributed by atoms with Crippen LogP contribution in [0.2, 0.25) is 0 Å². The van der Waals surface area contributed by atoms with Gasteiger partial charge in [-0.3, -0.25) is 14.5 Å². The van der Waals surface area contributed by atoms with Crippen LogP contribution in [0.3, 0.4) is 0 Å². The molecule has 3 heterocycles. The van der Waals surface area contributed by atoms with Crippen molar-refractivity contribution in [2.45, 2.75) is 29.5 Å². The third kappa shape index (κ3) is 5.00. The number of hydrogen-bond acceptors (Lipinski definition) is 9. The molecule has 1 aliphatic rings. The number of benzene rings is 3. The molecule has 1 N–H and O–H groups in total. The zero-order valence-electron chi connectivity index (χ0n) is 22.2. The number of aromatic nitrogens is 2. The van der Waals surface area contributed by atoms with Gasteiger partial charge in [0, 0.05) is 11.1 Å². The van der Waals surface area contributed by atoms with Gasteiger partial charge in [0.2, 0.25) is 10.9 Å². The molecule has 5 aromatic rings. The molecule has 0 aliphatic carbocycles. The quantitative estimate of drug-likeness (QED) is 0.113. The zero-order valence-corrected chi connectivity index (χ0v) is 23.9. The number of hydrogen-bond donors (Lipinski definition) is 1. The Morgan fingerprint density at radius 3 is 2.56 bits per heavy atom. The van der Waals surface area contributed by atoms with Crippen LogP contribution in [0.4, 0.5) is 5.13 Å². The molecule has 206 valence electrons. The highest BCUT2D eigenvalue weighted by molar-refractivity contribution is 8.00. The van der Waals surface area contributed by atoms with Crippen molar-refractivity contribution in [3.8, 4) is 5.75 Å². The summed E-state index contributed by atoms with van der Waals surface area (Å²) in [5, 5.41) is 20.7. The van der Waals surface area contributed by atoms with Crippen LogP contribution in [0, 0.1) is 0 Å². The number of furan rings is 1. The molecule has 1 unspecified atom stereocenters. The highest BCUT2D eigenvalue weighted by atomic mass is 32.2. The van der Waals surface area contributed by atoms with Crippen LogP contribution in [-0.4, -0.2) is 34.1 Å². The van der Waals surface area contributed by atoms with E-state index in [9.17, 15) is 14.7 Å². The number of fused-ring (bicyclic) bond motifs is 1. The lowest BCUT2D eigenvalue weighted by atomic mass is 9.94. The summed E-state index contributed by atoms with van der Waals surface area (Å²) in [5.74, 6) is -0.793. The van der Waals surface area contributed by atoms with Crippen LogP contribution >= 0.6 is 23.1 Å². The van der Waals surface area contributed by atoms with E-state index in [0.717, 1.165) is 17.5 Å². The Labute approximate surface area is 244 Å². The van der Waals surface area contributed by atoms with Crippen molar-refractivity contribution in [1.82, 2.24) is 10.2 Å². The number of ether oxygens (including phenoxy) is 1. The first-order valence-electron chi connectivity index (χ1n) is 13.0. The lowest BCUT2D eigenvalue weighted by Crippen LogP contribution is -2.31. The minimum atomic E-state index is -0.920. The van der Waals surface area contributed by atoms with E-state index in [1.54, 1.807) is 24.3 Å². The lowest BCUT2D eigenvalue weighted by Gasteiger charge is -2.24. The number of carbonyl (C=O) groups is 2. The number of anilines is 1. The summed E-state index contributed by atoms with van der Waals surface area (Å²) in [6, 6.07) is 23.6. The number of amides is 1. The van der Waals surface area contributed by atoms with Crippen LogP contribution in [0.15, 0.2) is 99.0 Å². The third-order valence-electron chi connectivity index (χ3n) is 6.92. The van der Waals surface area contributed by atoms with Crippen molar-refractivity contribution >= 4 is 50.9 Å². The van der Waals surface area contributed by atoms with E-state index in [2.05, 4.69) is 10.2 Å². The van der Waals surface area contributed by atoms with Gasteiger partial charge in [-0.15, -0.1) is 10.2 Å². The van der Waals surface area contributed by atoms with Crippen LogP contribution in [0.5, 0.6) is 5.75 Å². The van der Waals surface area contributed by atoms with Gasteiger partial charge in [-0.25, -0.2) is 0 Å². The Balaban J connectivity index is 1.38. The van der Waals surface area contributed by atoms with Crippen LogP contribution in [0.25, 0.3) is 11.0 Å². The van der Waals surface area contributed by atoms with E-state index in [1.165, 1.54) is 35.1 Å². The summed E-state index contributed by atoms with van der Waals surface area (Å²) in [5.41, 5.74) is 3.23. The fraction of sp³-hybridized carbons (Fsp3) is 0.161. The molecule has 0 radical (unpaired) electrons. The molecule has 1 aliphatic heterocycles. The van der Waals surface area contributed by atoms with Crippen LogP contribution in [-0.2, 0) is 17.0 Å². The monoisotopic (exact) mass is 583 g/mol. The Morgan fingerprint density at radius 2 is 1.83 bits per heavy atom. The average molecular weight is 584 g/mol. The molecule has 10 heteroatoms. The van der Waals surface area contributed by atoms with Crippen LogP contribution < -0.4 is 9.64 Å². The zero-order chi connectivity index (χ0) is 28.5.